The number of thiophene rings is 1. The lowest BCUT2D eigenvalue weighted by Gasteiger charge is -2.26. The molecule has 0 radical (unpaired) electrons. The van der Waals surface area contributed by atoms with E-state index < -0.39 is 23.8 Å². The number of fused-ring (bicyclic) bond motifs is 4. The molecule has 1 aliphatic carbocycles. The molecular formula is C16H14O4S. The van der Waals surface area contributed by atoms with Crippen LogP contribution in [0.25, 0.3) is 0 Å². The van der Waals surface area contributed by atoms with Crippen LogP contribution in [0.4, 0.5) is 0 Å². The highest BCUT2D eigenvalue weighted by Crippen LogP contribution is 2.50. The van der Waals surface area contributed by atoms with Crippen LogP contribution in [0.3, 0.4) is 0 Å². The molecule has 0 spiro atoms. The molecule has 2 aliphatic rings. The Morgan fingerprint density at radius 1 is 1.33 bits per heavy atom. The molecule has 21 heavy (non-hydrogen) atoms. The minimum atomic E-state index is -1.58. The molecule has 2 heterocycles. The van der Waals surface area contributed by atoms with Gasteiger partial charge in [0.2, 0.25) is 0 Å². The highest BCUT2D eigenvalue weighted by Gasteiger charge is 2.57. The van der Waals surface area contributed by atoms with Crippen molar-refractivity contribution < 1.29 is 19.7 Å². The Bertz CT molecular complexity index is 708. The molecule has 3 atom stereocenters. The van der Waals surface area contributed by atoms with Gasteiger partial charge in [0, 0.05) is 28.2 Å². The molecule has 0 amide bonds. The summed E-state index contributed by atoms with van der Waals surface area (Å²) >= 11 is 1.44. The summed E-state index contributed by atoms with van der Waals surface area (Å²) in [6.45, 7) is 0. The number of aliphatic hydroxyl groups is 2. The largest absolute Gasteiger partial charge is 0.457 e. The topological polar surface area (TPSA) is 66.8 Å². The van der Waals surface area contributed by atoms with E-state index in [1.54, 1.807) is 0 Å². The van der Waals surface area contributed by atoms with Crippen LogP contribution in [0.2, 0.25) is 0 Å². The fourth-order valence-electron chi connectivity index (χ4n) is 3.10. The van der Waals surface area contributed by atoms with Crippen LogP contribution in [-0.2, 0) is 21.6 Å². The molecule has 4 nitrogen and oxygen atoms in total. The number of ether oxygens (including phenoxy) is 1. The maximum absolute atomic E-state index is 11.9. The molecule has 0 unspecified atom stereocenters. The minimum absolute atomic E-state index is 0.140. The summed E-state index contributed by atoms with van der Waals surface area (Å²) in [5, 5.41) is 20.8. The van der Waals surface area contributed by atoms with Gasteiger partial charge in [0.15, 0.2) is 5.60 Å². The Morgan fingerprint density at radius 3 is 2.86 bits per heavy atom. The van der Waals surface area contributed by atoms with Crippen LogP contribution in [0.15, 0.2) is 36.4 Å². The van der Waals surface area contributed by atoms with Crippen LogP contribution in [0, 0.1) is 0 Å². The maximum atomic E-state index is 11.9. The molecule has 1 aliphatic heterocycles. The molecule has 2 aromatic rings. The van der Waals surface area contributed by atoms with E-state index in [0.29, 0.717) is 10.4 Å². The molecule has 2 bridgehead atoms. The van der Waals surface area contributed by atoms with E-state index in [0.717, 1.165) is 16.9 Å². The summed E-state index contributed by atoms with van der Waals surface area (Å²) in [7, 11) is 0. The van der Waals surface area contributed by atoms with E-state index in [-0.39, 0.29) is 6.42 Å². The number of hydrogen-bond donors (Lipinski definition) is 2. The highest BCUT2D eigenvalue weighted by atomic mass is 32.1. The van der Waals surface area contributed by atoms with Crippen molar-refractivity contribution in [3.8, 4) is 0 Å². The van der Waals surface area contributed by atoms with Crippen LogP contribution < -0.4 is 0 Å². The summed E-state index contributed by atoms with van der Waals surface area (Å²) in [6, 6.07) is 11.8. The van der Waals surface area contributed by atoms with Gasteiger partial charge in [-0.1, -0.05) is 30.3 Å². The lowest BCUT2D eigenvalue weighted by atomic mass is 9.83. The van der Waals surface area contributed by atoms with Crippen molar-refractivity contribution in [2.45, 2.75) is 30.7 Å². The van der Waals surface area contributed by atoms with Crippen LogP contribution in [0.5, 0.6) is 0 Å². The van der Waals surface area contributed by atoms with E-state index in [1.165, 1.54) is 11.3 Å². The van der Waals surface area contributed by atoms with Crippen molar-refractivity contribution in [1.29, 1.82) is 0 Å². The highest BCUT2D eigenvalue weighted by molar-refractivity contribution is 7.12. The third-order valence-electron chi connectivity index (χ3n) is 4.19. The van der Waals surface area contributed by atoms with Crippen molar-refractivity contribution in [2.24, 2.45) is 0 Å². The SMILES string of the molecule is O=C1O[C@@H]2C[C@@]1(O)c1cc(Cc3ccccc3)sc1[C@H]2O. The Morgan fingerprint density at radius 2 is 2.10 bits per heavy atom. The van der Waals surface area contributed by atoms with Gasteiger partial charge in [-0.3, -0.25) is 0 Å². The Labute approximate surface area is 125 Å². The first-order valence-electron chi connectivity index (χ1n) is 6.86. The Hall–Kier alpha value is -1.69. The molecule has 108 valence electrons. The molecule has 2 N–H and O–H groups in total. The van der Waals surface area contributed by atoms with Crippen LogP contribution in [-0.4, -0.2) is 22.3 Å². The Kier molecular flexibility index (Phi) is 2.73. The summed E-state index contributed by atoms with van der Waals surface area (Å²) in [6.07, 6.45) is -0.595. The van der Waals surface area contributed by atoms with Crippen molar-refractivity contribution in [3.63, 3.8) is 0 Å². The first-order chi connectivity index (χ1) is 10.1. The predicted octanol–water partition coefficient (Wildman–Crippen LogP) is 1.89. The van der Waals surface area contributed by atoms with Gasteiger partial charge in [-0.15, -0.1) is 11.3 Å². The Balaban J connectivity index is 1.74. The van der Waals surface area contributed by atoms with Crippen LogP contribution in [0.1, 0.15) is 33.4 Å². The average molecular weight is 302 g/mol. The summed E-state index contributed by atoms with van der Waals surface area (Å²) in [5.74, 6) is -0.644. The standard InChI is InChI=1S/C16H14O4S/c17-13-12-8-16(19,15(18)20-12)11-7-10(21-14(11)13)6-9-4-2-1-3-5-9/h1-5,7,12-13,17,19H,6,8H2/t12-,13+,16-/m1/s1. The van der Waals surface area contributed by atoms with E-state index >= 15 is 0 Å². The molecule has 1 aromatic carbocycles. The molecular weight excluding hydrogens is 288 g/mol. The number of hydrogen-bond acceptors (Lipinski definition) is 5. The van der Waals surface area contributed by atoms with Gasteiger partial charge < -0.3 is 14.9 Å². The normalized spacial score (nSPS) is 30.1. The third kappa shape index (κ3) is 1.85. The smallest absolute Gasteiger partial charge is 0.343 e. The number of carbonyl (C=O) groups excluding carboxylic acids is 1. The number of carbonyl (C=O) groups is 1. The summed E-state index contributed by atoms with van der Waals surface area (Å²) in [5.41, 5.74) is 0.0972. The summed E-state index contributed by atoms with van der Waals surface area (Å²) in [4.78, 5) is 13.6. The van der Waals surface area contributed by atoms with Crippen molar-refractivity contribution in [1.82, 2.24) is 0 Å². The zero-order valence-electron chi connectivity index (χ0n) is 11.2. The van der Waals surface area contributed by atoms with Gasteiger partial charge in [-0.05, 0) is 11.6 Å². The zero-order valence-corrected chi connectivity index (χ0v) is 12.0. The molecule has 1 aromatic heterocycles. The molecule has 5 heteroatoms. The van der Waals surface area contributed by atoms with Gasteiger partial charge >= 0.3 is 5.97 Å². The molecule has 0 saturated carbocycles. The monoisotopic (exact) mass is 302 g/mol. The number of esters is 1. The van der Waals surface area contributed by atoms with Gasteiger partial charge in [-0.2, -0.15) is 0 Å². The van der Waals surface area contributed by atoms with Gasteiger partial charge in [0.05, 0.1) is 0 Å². The maximum Gasteiger partial charge on any atom is 0.343 e. The molecule has 1 fully saturated rings. The first kappa shape index (κ1) is 13.0. The number of rotatable bonds is 2. The second kappa shape index (κ2) is 4.40. The lowest BCUT2D eigenvalue weighted by molar-refractivity contribution is -0.156. The fraction of sp³-hybridized carbons (Fsp3) is 0.312. The third-order valence-corrected chi connectivity index (χ3v) is 5.40. The fourth-order valence-corrected chi connectivity index (χ4v) is 4.41. The van der Waals surface area contributed by atoms with E-state index in [9.17, 15) is 15.0 Å². The van der Waals surface area contributed by atoms with Gasteiger partial charge in [0.25, 0.3) is 0 Å². The first-order valence-corrected chi connectivity index (χ1v) is 7.68. The quantitative estimate of drug-likeness (QED) is 0.831. The lowest BCUT2D eigenvalue weighted by Crippen LogP contribution is -2.34. The minimum Gasteiger partial charge on any atom is -0.457 e. The van der Waals surface area contributed by atoms with E-state index in [4.69, 9.17) is 4.74 Å². The summed E-state index contributed by atoms with van der Waals surface area (Å²) < 4.78 is 5.07. The predicted molar refractivity (Wildman–Crippen MR) is 76.9 cm³/mol. The van der Waals surface area contributed by atoms with Gasteiger partial charge in [0.1, 0.15) is 12.2 Å². The second-order valence-corrected chi connectivity index (χ2v) is 6.77. The molecule has 1 saturated heterocycles. The number of aliphatic hydroxyl groups excluding tert-OH is 1. The zero-order chi connectivity index (χ0) is 14.6. The van der Waals surface area contributed by atoms with E-state index in [2.05, 4.69) is 0 Å². The number of benzene rings is 1. The van der Waals surface area contributed by atoms with E-state index in [1.807, 2.05) is 36.4 Å². The van der Waals surface area contributed by atoms with Crippen LogP contribution >= 0.6 is 11.3 Å². The van der Waals surface area contributed by atoms with Gasteiger partial charge in [-0.25, -0.2) is 4.79 Å². The van der Waals surface area contributed by atoms with Crippen molar-refractivity contribution >= 4 is 17.3 Å². The van der Waals surface area contributed by atoms with Crippen molar-refractivity contribution in [2.75, 3.05) is 0 Å². The van der Waals surface area contributed by atoms with Crippen molar-refractivity contribution in [3.05, 3.63) is 57.3 Å². The molecule has 4 rings (SSSR count). The second-order valence-electron chi connectivity index (χ2n) is 5.61. The average Bonchev–Trinajstić information content (AvgIpc) is 3.01.